The number of hydrogen-bond acceptors (Lipinski definition) is 4. The molecule has 0 aromatic heterocycles. The molecule has 0 bridgehead atoms. The van der Waals surface area contributed by atoms with Gasteiger partial charge in [0.25, 0.3) is 0 Å². The van der Waals surface area contributed by atoms with Crippen LogP contribution in [0.15, 0.2) is 24.3 Å². The summed E-state index contributed by atoms with van der Waals surface area (Å²) in [6.45, 7) is 2.04. The lowest BCUT2D eigenvalue weighted by Gasteiger charge is -2.16. The third-order valence-electron chi connectivity index (χ3n) is 2.71. The van der Waals surface area contributed by atoms with Gasteiger partial charge in [0.2, 0.25) is 5.91 Å². The lowest BCUT2D eigenvalue weighted by Crippen LogP contribution is -2.36. The number of thiocarbonyl (C=S) groups is 1. The number of carbonyl (C=O) groups excluding carboxylic acids is 1. The van der Waals surface area contributed by atoms with Gasteiger partial charge in [0.15, 0.2) is 0 Å². The second kappa shape index (κ2) is 8.63. The van der Waals surface area contributed by atoms with Crippen LogP contribution in [0.3, 0.4) is 0 Å². The summed E-state index contributed by atoms with van der Waals surface area (Å²) in [6, 6.07) is 7.72. The van der Waals surface area contributed by atoms with Crippen molar-refractivity contribution in [1.82, 2.24) is 10.2 Å². The Balaban J connectivity index is 2.45. The average Bonchev–Trinajstić information content (AvgIpc) is 2.39. The van der Waals surface area contributed by atoms with Gasteiger partial charge in [-0.2, -0.15) is 0 Å². The number of likely N-dealkylation sites (N-methyl/N-ethyl adjacent to an activating group) is 1. The van der Waals surface area contributed by atoms with Crippen molar-refractivity contribution in [1.29, 1.82) is 0 Å². The van der Waals surface area contributed by atoms with E-state index in [9.17, 15) is 4.79 Å². The van der Waals surface area contributed by atoms with Crippen LogP contribution in [0.25, 0.3) is 0 Å². The first-order valence-electron chi connectivity index (χ1n) is 6.36. The van der Waals surface area contributed by atoms with Gasteiger partial charge >= 0.3 is 0 Å². The molecule has 1 rings (SSSR count). The molecule has 0 heterocycles. The third kappa shape index (κ3) is 6.10. The van der Waals surface area contributed by atoms with E-state index in [2.05, 4.69) is 5.32 Å². The minimum atomic E-state index is -0.0185. The number of ether oxygens (including phenoxy) is 1. The van der Waals surface area contributed by atoms with Crippen LogP contribution in [-0.4, -0.2) is 49.6 Å². The summed E-state index contributed by atoms with van der Waals surface area (Å²) in [4.78, 5) is 14.0. The van der Waals surface area contributed by atoms with E-state index in [0.29, 0.717) is 31.2 Å². The molecule has 0 aliphatic carbocycles. The lowest BCUT2D eigenvalue weighted by atomic mass is 10.1. The molecule has 0 saturated heterocycles. The summed E-state index contributed by atoms with van der Waals surface area (Å²) in [5.41, 5.74) is 7.52. The van der Waals surface area contributed by atoms with Crippen molar-refractivity contribution < 1.29 is 9.53 Å². The predicted octanol–water partition coefficient (Wildman–Crippen LogP) is 0.515. The van der Waals surface area contributed by atoms with Gasteiger partial charge in [0, 0.05) is 25.8 Å². The number of nitrogens with zero attached hydrogens (tertiary/aromatic N) is 1. The summed E-state index contributed by atoms with van der Waals surface area (Å²) >= 11 is 4.95. The van der Waals surface area contributed by atoms with Crippen LogP contribution in [0.2, 0.25) is 0 Å². The molecule has 6 heteroatoms. The highest BCUT2D eigenvalue weighted by atomic mass is 32.1. The van der Waals surface area contributed by atoms with Crippen LogP contribution in [0, 0.1) is 0 Å². The Morgan fingerprint density at radius 3 is 2.90 bits per heavy atom. The molecule has 5 nitrogen and oxygen atoms in total. The molecule has 110 valence electrons. The SMILES string of the molecule is COCCNC(=O)CN(C)Cc1cccc(C(N)=S)c1. The number of nitrogens with one attached hydrogen (secondary N) is 1. The Morgan fingerprint density at radius 2 is 2.25 bits per heavy atom. The van der Waals surface area contributed by atoms with E-state index >= 15 is 0 Å². The number of rotatable bonds is 8. The summed E-state index contributed by atoms with van der Waals surface area (Å²) in [6.07, 6.45) is 0. The molecular formula is C14H21N3O2S. The second-order valence-corrected chi connectivity index (χ2v) is 5.02. The number of methoxy groups -OCH3 is 1. The van der Waals surface area contributed by atoms with Crippen molar-refractivity contribution in [3.8, 4) is 0 Å². The summed E-state index contributed by atoms with van der Waals surface area (Å²) < 4.78 is 4.88. The van der Waals surface area contributed by atoms with E-state index in [1.807, 2.05) is 36.2 Å². The Kier molecular flexibility index (Phi) is 7.14. The van der Waals surface area contributed by atoms with Crippen LogP contribution in [0.4, 0.5) is 0 Å². The Hall–Kier alpha value is -1.50. The lowest BCUT2D eigenvalue weighted by molar-refractivity contribution is -0.122. The van der Waals surface area contributed by atoms with E-state index in [4.69, 9.17) is 22.7 Å². The van der Waals surface area contributed by atoms with Crippen LogP contribution in [0.1, 0.15) is 11.1 Å². The van der Waals surface area contributed by atoms with Crippen LogP contribution < -0.4 is 11.1 Å². The summed E-state index contributed by atoms with van der Waals surface area (Å²) in [5, 5.41) is 2.78. The molecule has 1 aromatic rings. The third-order valence-corrected chi connectivity index (χ3v) is 2.94. The fraction of sp³-hybridized carbons (Fsp3) is 0.429. The van der Waals surface area contributed by atoms with Crippen LogP contribution >= 0.6 is 12.2 Å². The fourth-order valence-corrected chi connectivity index (χ4v) is 1.91. The highest BCUT2D eigenvalue weighted by molar-refractivity contribution is 7.80. The van der Waals surface area contributed by atoms with E-state index in [0.717, 1.165) is 11.1 Å². The highest BCUT2D eigenvalue weighted by Crippen LogP contribution is 2.07. The van der Waals surface area contributed by atoms with Crippen LogP contribution in [0.5, 0.6) is 0 Å². The molecule has 0 radical (unpaired) electrons. The molecule has 1 aromatic carbocycles. The van der Waals surface area contributed by atoms with E-state index in [1.54, 1.807) is 7.11 Å². The summed E-state index contributed by atoms with van der Waals surface area (Å²) in [7, 11) is 3.50. The topological polar surface area (TPSA) is 67.6 Å². The quantitative estimate of drug-likeness (QED) is 0.540. The number of benzene rings is 1. The fourth-order valence-electron chi connectivity index (χ4n) is 1.78. The normalized spacial score (nSPS) is 10.6. The standard InChI is InChI=1S/C14H21N3O2S/c1-17(10-13(18)16-6-7-19-2)9-11-4-3-5-12(8-11)14(15)20/h3-5,8H,6-7,9-10H2,1-2H3,(H2,15,20)(H,16,18). The Labute approximate surface area is 125 Å². The molecule has 1 amide bonds. The molecular weight excluding hydrogens is 274 g/mol. The number of amides is 1. The number of nitrogens with two attached hydrogens (primary N) is 1. The molecule has 0 aliphatic rings. The van der Waals surface area contributed by atoms with Crippen molar-refractivity contribution in [2.24, 2.45) is 5.73 Å². The van der Waals surface area contributed by atoms with Crippen molar-refractivity contribution in [2.45, 2.75) is 6.54 Å². The Bertz CT molecular complexity index is 465. The highest BCUT2D eigenvalue weighted by Gasteiger charge is 2.07. The molecule has 0 aliphatic heterocycles. The number of carbonyl (C=O) groups is 1. The summed E-state index contributed by atoms with van der Waals surface area (Å²) in [5.74, 6) is -0.0185. The van der Waals surface area contributed by atoms with Crippen LogP contribution in [-0.2, 0) is 16.1 Å². The molecule has 0 fully saturated rings. The maximum atomic E-state index is 11.6. The maximum Gasteiger partial charge on any atom is 0.234 e. The minimum absolute atomic E-state index is 0.0185. The number of hydrogen-bond donors (Lipinski definition) is 2. The Morgan fingerprint density at radius 1 is 1.50 bits per heavy atom. The zero-order chi connectivity index (χ0) is 15.0. The van der Waals surface area contributed by atoms with Gasteiger partial charge in [-0.1, -0.05) is 30.4 Å². The molecule has 20 heavy (non-hydrogen) atoms. The zero-order valence-corrected chi connectivity index (χ0v) is 12.7. The average molecular weight is 295 g/mol. The monoisotopic (exact) mass is 295 g/mol. The molecule has 0 unspecified atom stereocenters. The van der Waals surface area contributed by atoms with Gasteiger partial charge in [0.05, 0.1) is 13.2 Å². The van der Waals surface area contributed by atoms with Gasteiger partial charge in [-0.25, -0.2) is 0 Å². The van der Waals surface area contributed by atoms with Gasteiger partial charge in [-0.15, -0.1) is 0 Å². The van der Waals surface area contributed by atoms with E-state index < -0.39 is 0 Å². The molecule has 0 saturated carbocycles. The first-order valence-corrected chi connectivity index (χ1v) is 6.76. The van der Waals surface area contributed by atoms with Gasteiger partial charge in [-0.3, -0.25) is 9.69 Å². The smallest absolute Gasteiger partial charge is 0.234 e. The van der Waals surface area contributed by atoms with Crippen molar-refractivity contribution >= 4 is 23.1 Å². The minimum Gasteiger partial charge on any atom is -0.389 e. The van der Waals surface area contributed by atoms with Gasteiger partial charge in [-0.05, 0) is 18.7 Å². The zero-order valence-electron chi connectivity index (χ0n) is 11.9. The van der Waals surface area contributed by atoms with Crippen molar-refractivity contribution in [3.05, 3.63) is 35.4 Å². The van der Waals surface area contributed by atoms with Crippen molar-refractivity contribution in [2.75, 3.05) is 33.9 Å². The maximum absolute atomic E-state index is 11.6. The van der Waals surface area contributed by atoms with E-state index in [1.165, 1.54) is 0 Å². The molecule has 0 atom stereocenters. The largest absolute Gasteiger partial charge is 0.389 e. The molecule has 3 N–H and O–H groups in total. The predicted molar refractivity (Wildman–Crippen MR) is 83.5 cm³/mol. The first kappa shape index (κ1) is 16.6. The van der Waals surface area contributed by atoms with Gasteiger partial charge < -0.3 is 15.8 Å². The van der Waals surface area contributed by atoms with E-state index in [-0.39, 0.29) is 5.91 Å². The molecule has 0 spiro atoms. The second-order valence-electron chi connectivity index (χ2n) is 4.58. The van der Waals surface area contributed by atoms with Gasteiger partial charge in [0.1, 0.15) is 4.99 Å². The first-order chi connectivity index (χ1) is 9.52. The van der Waals surface area contributed by atoms with Crippen molar-refractivity contribution in [3.63, 3.8) is 0 Å².